The summed E-state index contributed by atoms with van der Waals surface area (Å²) in [7, 11) is 1.66. The Morgan fingerprint density at radius 3 is 2.62 bits per heavy atom. The minimum Gasteiger partial charge on any atom is -0.496 e. The Morgan fingerprint density at radius 1 is 1.27 bits per heavy atom. The normalized spacial score (nSPS) is 10.9. The van der Waals surface area contributed by atoms with Gasteiger partial charge in [0, 0.05) is 12.5 Å². The number of hydrogen-bond acceptors (Lipinski definition) is 5. The second-order valence-electron chi connectivity index (χ2n) is 6.53. The molecule has 1 amide bonds. The van der Waals surface area contributed by atoms with Crippen molar-refractivity contribution in [1.29, 1.82) is 0 Å². The number of carbonyl (C=O) groups is 1. The highest BCUT2D eigenvalue weighted by Crippen LogP contribution is 2.23. The van der Waals surface area contributed by atoms with E-state index in [4.69, 9.17) is 4.74 Å². The minimum atomic E-state index is -0.131. The van der Waals surface area contributed by atoms with Gasteiger partial charge in [0.2, 0.25) is 0 Å². The maximum atomic E-state index is 12.7. The maximum Gasteiger partial charge on any atom is 0.255 e. The van der Waals surface area contributed by atoms with Crippen LogP contribution in [0.5, 0.6) is 5.75 Å². The molecule has 0 aliphatic heterocycles. The number of methoxy groups -OCH3 is 1. The number of hydrogen-bond donors (Lipinski definition) is 1. The van der Waals surface area contributed by atoms with Crippen LogP contribution in [0.4, 0.5) is 0 Å². The highest BCUT2D eigenvalue weighted by Gasteiger charge is 2.19. The molecule has 1 heterocycles. The van der Waals surface area contributed by atoms with E-state index in [9.17, 15) is 4.79 Å². The summed E-state index contributed by atoms with van der Waals surface area (Å²) in [5, 5.41) is 3.72. The van der Waals surface area contributed by atoms with Crippen LogP contribution < -0.4 is 10.1 Å². The monoisotopic (exact) mass is 373 g/mol. The average molecular weight is 374 g/mol. The number of benzene rings is 1. The molecule has 140 valence electrons. The van der Waals surface area contributed by atoms with Crippen molar-refractivity contribution in [2.75, 3.05) is 19.9 Å². The molecule has 0 saturated carbocycles. The Hall–Kier alpha value is -2.08. The number of nitrogens with zero attached hydrogens (tertiary/aromatic N) is 2. The number of amides is 1. The molecule has 1 aromatic heterocycles. The molecule has 0 aliphatic carbocycles. The molecule has 2 aromatic rings. The van der Waals surface area contributed by atoms with Crippen molar-refractivity contribution in [3.05, 3.63) is 46.4 Å². The van der Waals surface area contributed by atoms with Gasteiger partial charge in [0.15, 0.2) is 0 Å². The lowest BCUT2D eigenvalue weighted by Crippen LogP contribution is -2.28. The number of aromatic nitrogens is 2. The standard InChI is InChI=1S/C20H27N3O2S/c1-12(2)18-22-14(4)17(20(23-18)26-6)19(24)21-10-9-15-11-13(3)7-8-16(15)25-5/h7-8,11-12H,9-10H2,1-6H3,(H,21,24). The number of nitrogens with one attached hydrogen (secondary N) is 1. The molecule has 1 aromatic carbocycles. The van der Waals surface area contributed by atoms with Gasteiger partial charge in [0.1, 0.15) is 16.6 Å². The third kappa shape index (κ3) is 4.75. The van der Waals surface area contributed by atoms with Crippen LogP contribution in [-0.2, 0) is 6.42 Å². The van der Waals surface area contributed by atoms with Gasteiger partial charge in [0.25, 0.3) is 5.91 Å². The Bertz CT molecular complexity index is 791. The summed E-state index contributed by atoms with van der Waals surface area (Å²) >= 11 is 1.48. The molecule has 0 spiro atoms. The highest BCUT2D eigenvalue weighted by atomic mass is 32.2. The van der Waals surface area contributed by atoms with Crippen LogP contribution in [0, 0.1) is 13.8 Å². The van der Waals surface area contributed by atoms with Gasteiger partial charge < -0.3 is 10.1 Å². The molecular formula is C20H27N3O2S. The van der Waals surface area contributed by atoms with E-state index in [0.29, 0.717) is 18.5 Å². The van der Waals surface area contributed by atoms with Gasteiger partial charge in [-0.2, -0.15) is 0 Å². The molecule has 2 rings (SSSR count). The zero-order chi connectivity index (χ0) is 19.3. The Morgan fingerprint density at radius 2 is 2.00 bits per heavy atom. The molecule has 0 atom stereocenters. The van der Waals surface area contributed by atoms with Gasteiger partial charge in [0.05, 0.1) is 18.4 Å². The van der Waals surface area contributed by atoms with Crippen molar-refractivity contribution in [3.8, 4) is 5.75 Å². The molecule has 0 unspecified atom stereocenters. The Labute approximate surface area is 160 Å². The van der Waals surface area contributed by atoms with Crippen molar-refractivity contribution in [1.82, 2.24) is 15.3 Å². The fourth-order valence-electron chi connectivity index (χ4n) is 2.74. The smallest absolute Gasteiger partial charge is 0.255 e. The lowest BCUT2D eigenvalue weighted by molar-refractivity contribution is 0.0949. The predicted octanol–water partition coefficient (Wildman–Crippen LogP) is 3.92. The van der Waals surface area contributed by atoms with Crippen LogP contribution in [-0.4, -0.2) is 35.8 Å². The number of thioether (sulfide) groups is 1. The fourth-order valence-corrected chi connectivity index (χ4v) is 3.37. The summed E-state index contributed by atoms with van der Waals surface area (Å²) in [5.41, 5.74) is 3.54. The second kappa shape index (κ2) is 9.03. The fraction of sp³-hybridized carbons (Fsp3) is 0.450. The average Bonchev–Trinajstić information content (AvgIpc) is 2.60. The van der Waals surface area contributed by atoms with E-state index >= 15 is 0 Å². The topological polar surface area (TPSA) is 64.1 Å². The molecule has 0 aliphatic rings. The van der Waals surface area contributed by atoms with Crippen LogP contribution in [0.15, 0.2) is 23.2 Å². The third-order valence-electron chi connectivity index (χ3n) is 4.13. The molecule has 0 fully saturated rings. The maximum absolute atomic E-state index is 12.7. The Kier molecular flexibility index (Phi) is 7.03. The van der Waals surface area contributed by atoms with Crippen LogP contribution in [0.1, 0.15) is 52.8 Å². The lowest BCUT2D eigenvalue weighted by atomic mass is 10.1. The number of rotatable bonds is 7. The molecular weight excluding hydrogens is 346 g/mol. The van der Waals surface area contributed by atoms with Gasteiger partial charge in [-0.25, -0.2) is 9.97 Å². The van der Waals surface area contributed by atoms with Crippen LogP contribution in [0.25, 0.3) is 0 Å². The van der Waals surface area contributed by atoms with Gasteiger partial charge >= 0.3 is 0 Å². The van der Waals surface area contributed by atoms with E-state index in [1.54, 1.807) is 7.11 Å². The lowest BCUT2D eigenvalue weighted by Gasteiger charge is -2.14. The van der Waals surface area contributed by atoms with Crippen molar-refractivity contribution in [2.24, 2.45) is 0 Å². The largest absolute Gasteiger partial charge is 0.496 e. The van der Waals surface area contributed by atoms with Gasteiger partial charge in [-0.3, -0.25) is 4.79 Å². The molecule has 0 bridgehead atoms. The van der Waals surface area contributed by atoms with Crippen LogP contribution in [0.2, 0.25) is 0 Å². The number of ether oxygens (including phenoxy) is 1. The number of aryl methyl sites for hydroxylation is 2. The first-order valence-electron chi connectivity index (χ1n) is 8.71. The minimum absolute atomic E-state index is 0.131. The van der Waals surface area contributed by atoms with E-state index in [1.807, 2.05) is 46.1 Å². The summed E-state index contributed by atoms with van der Waals surface area (Å²) < 4.78 is 5.40. The SMILES string of the molecule is COc1ccc(C)cc1CCNC(=O)c1c(C)nc(C(C)C)nc1SC. The highest BCUT2D eigenvalue weighted by molar-refractivity contribution is 7.98. The van der Waals surface area contributed by atoms with E-state index in [2.05, 4.69) is 21.4 Å². The zero-order valence-electron chi connectivity index (χ0n) is 16.3. The Balaban J connectivity index is 2.12. The van der Waals surface area contributed by atoms with Gasteiger partial charge in [-0.1, -0.05) is 31.5 Å². The first kappa shape index (κ1) is 20.2. The summed E-state index contributed by atoms with van der Waals surface area (Å²) in [6.45, 7) is 8.54. The third-order valence-corrected chi connectivity index (χ3v) is 4.81. The zero-order valence-corrected chi connectivity index (χ0v) is 17.2. The van der Waals surface area contributed by atoms with Crippen molar-refractivity contribution in [2.45, 2.75) is 45.1 Å². The first-order valence-corrected chi connectivity index (χ1v) is 9.94. The quantitative estimate of drug-likeness (QED) is 0.589. The molecule has 0 saturated heterocycles. The summed E-state index contributed by atoms with van der Waals surface area (Å²) in [6.07, 6.45) is 2.63. The predicted molar refractivity (Wildman–Crippen MR) is 106 cm³/mol. The molecule has 6 heteroatoms. The molecule has 26 heavy (non-hydrogen) atoms. The van der Waals surface area contributed by atoms with Crippen molar-refractivity contribution < 1.29 is 9.53 Å². The summed E-state index contributed by atoms with van der Waals surface area (Å²) in [5.74, 6) is 1.71. The van der Waals surface area contributed by atoms with E-state index in [1.165, 1.54) is 17.3 Å². The van der Waals surface area contributed by atoms with Crippen LogP contribution >= 0.6 is 11.8 Å². The van der Waals surface area contributed by atoms with Crippen molar-refractivity contribution >= 4 is 17.7 Å². The first-order chi connectivity index (χ1) is 12.4. The van der Waals surface area contributed by atoms with Crippen LogP contribution in [0.3, 0.4) is 0 Å². The number of carbonyl (C=O) groups excluding carboxylic acids is 1. The molecule has 1 N–H and O–H groups in total. The van der Waals surface area contributed by atoms with Gasteiger partial charge in [-0.15, -0.1) is 11.8 Å². The van der Waals surface area contributed by atoms with Gasteiger partial charge in [-0.05, 0) is 38.2 Å². The summed E-state index contributed by atoms with van der Waals surface area (Å²) in [6, 6.07) is 6.06. The van der Waals surface area contributed by atoms with E-state index in [-0.39, 0.29) is 11.8 Å². The van der Waals surface area contributed by atoms with E-state index < -0.39 is 0 Å². The summed E-state index contributed by atoms with van der Waals surface area (Å²) in [4.78, 5) is 21.8. The second-order valence-corrected chi connectivity index (χ2v) is 7.32. The molecule has 5 nitrogen and oxygen atoms in total. The van der Waals surface area contributed by atoms with Crippen molar-refractivity contribution in [3.63, 3.8) is 0 Å². The molecule has 0 radical (unpaired) electrons. The van der Waals surface area contributed by atoms with E-state index in [0.717, 1.165) is 27.9 Å².